The van der Waals surface area contributed by atoms with Crippen molar-refractivity contribution in [1.82, 2.24) is 14.8 Å². The Labute approximate surface area is 130 Å². The highest BCUT2D eigenvalue weighted by Gasteiger charge is 2.42. The SMILES string of the molecule is O=C(c1ccc[nH]1)N1CCN(C(=O)[C@@H]2C[C@@H]3C=C[C@H]2C3)CC1. The third kappa shape index (κ3) is 2.25. The summed E-state index contributed by atoms with van der Waals surface area (Å²) in [6.45, 7) is 2.56. The van der Waals surface area contributed by atoms with Crippen molar-refractivity contribution in [2.24, 2.45) is 17.8 Å². The number of nitrogens with zero attached hydrogens (tertiary/aromatic N) is 2. The maximum Gasteiger partial charge on any atom is 0.270 e. The number of fused-ring (bicyclic) bond motifs is 2. The number of nitrogens with one attached hydrogen (secondary N) is 1. The number of carbonyl (C=O) groups excluding carboxylic acids is 2. The van der Waals surface area contributed by atoms with Crippen LogP contribution in [-0.4, -0.2) is 52.8 Å². The minimum absolute atomic E-state index is 0.0277. The molecule has 1 saturated carbocycles. The van der Waals surface area contributed by atoms with Gasteiger partial charge < -0.3 is 14.8 Å². The predicted octanol–water partition coefficient (Wildman–Crippen LogP) is 1.51. The van der Waals surface area contributed by atoms with Crippen LogP contribution in [0.5, 0.6) is 0 Å². The summed E-state index contributed by atoms with van der Waals surface area (Å²) in [6, 6.07) is 3.62. The van der Waals surface area contributed by atoms with E-state index in [1.165, 1.54) is 0 Å². The monoisotopic (exact) mass is 299 g/mol. The summed E-state index contributed by atoms with van der Waals surface area (Å²) in [4.78, 5) is 31.7. The maximum absolute atomic E-state index is 12.7. The summed E-state index contributed by atoms with van der Waals surface area (Å²) in [7, 11) is 0. The van der Waals surface area contributed by atoms with Crippen LogP contribution in [0.15, 0.2) is 30.5 Å². The molecule has 2 fully saturated rings. The molecule has 1 aliphatic heterocycles. The van der Waals surface area contributed by atoms with Crippen molar-refractivity contribution in [3.05, 3.63) is 36.2 Å². The highest BCUT2D eigenvalue weighted by molar-refractivity contribution is 5.92. The van der Waals surface area contributed by atoms with Crippen LogP contribution in [0.4, 0.5) is 0 Å². The largest absolute Gasteiger partial charge is 0.357 e. The van der Waals surface area contributed by atoms with Gasteiger partial charge >= 0.3 is 0 Å². The Bertz CT molecular complexity index is 599. The van der Waals surface area contributed by atoms with Gasteiger partial charge in [-0.1, -0.05) is 12.2 Å². The fourth-order valence-electron chi connectivity index (χ4n) is 4.06. The molecule has 1 aromatic rings. The van der Waals surface area contributed by atoms with Crippen molar-refractivity contribution in [1.29, 1.82) is 0 Å². The van der Waals surface area contributed by atoms with Crippen LogP contribution < -0.4 is 0 Å². The molecule has 0 aromatic carbocycles. The lowest BCUT2D eigenvalue weighted by molar-refractivity contribution is -0.137. The summed E-state index contributed by atoms with van der Waals surface area (Å²) < 4.78 is 0. The molecular weight excluding hydrogens is 278 g/mol. The van der Waals surface area contributed by atoms with Crippen LogP contribution in [0.2, 0.25) is 0 Å². The molecule has 0 radical (unpaired) electrons. The lowest BCUT2D eigenvalue weighted by Crippen LogP contribution is -2.52. The number of piperazine rings is 1. The third-order valence-electron chi connectivity index (χ3n) is 5.30. The molecule has 5 nitrogen and oxygen atoms in total. The van der Waals surface area contributed by atoms with E-state index in [-0.39, 0.29) is 11.8 Å². The van der Waals surface area contributed by atoms with Crippen molar-refractivity contribution < 1.29 is 9.59 Å². The van der Waals surface area contributed by atoms with Crippen molar-refractivity contribution in [2.75, 3.05) is 26.2 Å². The Hall–Kier alpha value is -2.04. The van der Waals surface area contributed by atoms with Gasteiger partial charge in [0.2, 0.25) is 5.91 Å². The van der Waals surface area contributed by atoms with Gasteiger partial charge in [-0.2, -0.15) is 0 Å². The Morgan fingerprint density at radius 3 is 2.41 bits per heavy atom. The molecule has 3 aliphatic rings. The molecule has 1 aromatic heterocycles. The number of H-pyrrole nitrogens is 1. The van der Waals surface area contributed by atoms with Gasteiger partial charge in [-0.25, -0.2) is 0 Å². The molecule has 1 saturated heterocycles. The van der Waals surface area contributed by atoms with Crippen LogP contribution in [0, 0.1) is 17.8 Å². The first kappa shape index (κ1) is 13.6. The van der Waals surface area contributed by atoms with Gasteiger partial charge in [-0.15, -0.1) is 0 Å². The lowest BCUT2D eigenvalue weighted by Gasteiger charge is -2.36. The quantitative estimate of drug-likeness (QED) is 0.842. The molecule has 0 unspecified atom stereocenters. The van der Waals surface area contributed by atoms with E-state index in [1.54, 1.807) is 12.3 Å². The van der Waals surface area contributed by atoms with Crippen LogP contribution in [-0.2, 0) is 4.79 Å². The fourth-order valence-corrected chi connectivity index (χ4v) is 4.06. The Morgan fingerprint density at radius 2 is 1.82 bits per heavy atom. The standard InChI is InChI=1S/C17H21N3O2/c21-16(14-11-12-3-4-13(14)10-12)19-6-8-20(9-7-19)17(22)15-2-1-5-18-15/h1-5,12-14,18H,6-11H2/t12-,13+,14-/m1/s1. The Morgan fingerprint density at radius 1 is 1.05 bits per heavy atom. The molecule has 1 N–H and O–H groups in total. The number of hydrogen-bond donors (Lipinski definition) is 1. The highest BCUT2D eigenvalue weighted by atomic mass is 16.2. The minimum atomic E-state index is 0.0277. The van der Waals surface area contributed by atoms with E-state index in [0.29, 0.717) is 49.6 Å². The highest BCUT2D eigenvalue weighted by Crippen LogP contribution is 2.44. The molecule has 3 atom stereocenters. The molecule has 0 spiro atoms. The zero-order valence-corrected chi connectivity index (χ0v) is 12.6. The number of aromatic nitrogens is 1. The van der Waals surface area contributed by atoms with Crippen LogP contribution in [0.25, 0.3) is 0 Å². The van der Waals surface area contributed by atoms with Gasteiger partial charge in [0.25, 0.3) is 5.91 Å². The molecule has 5 heteroatoms. The Kier molecular flexibility index (Phi) is 3.28. The first-order valence-electron chi connectivity index (χ1n) is 8.12. The molecule has 2 amide bonds. The second-order valence-corrected chi connectivity index (χ2v) is 6.59. The van der Waals surface area contributed by atoms with Crippen molar-refractivity contribution in [3.8, 4) is 0 Å². The van der Waals surface area contributed by atoms with Gasteiger partial charge in [0.1, 0.15) is 5.69 Å². The van der Waals surface area contributed by atoms with Crippen LogP contribution >= 0.6 is 0 Å². The van der Waals surface area contributed by atoms with Gasteiger partial charge in [-0.05, 0) is 36.8 Å². The molecule has 116 valence electrons. The van der Waals surface area contributed by atoms with Gasteiger partial charge in [0.15, 0.2) is 0 Å². The molecular formula is C17H21N3O2. The molecule has 2 aliphatic carbocycles. The van der Waals surface area contributed by atoms with E-state index in [9.17, 15) is 9.59 Å². The van der Waals surface area contributed by atoms with E-state index in [0.717, 1.165) is 12.8 Å². The van der Waals surface area contributed by atoms with Gasteiger partial charge in [-0.3, -0.25) is 9.59 Å². The van der Waals surface area contributed by atoms with Crippen molar-refractivity contribution >= 4 is 11.8 Å². The second kappa shape index (κ2) is 5.30. The van der Waals surface area contributed by atoms with Crippen LogP contribution in [0.1, 0.15) is 23.3 Å². The summed E-state index contributed by atoms with van der Waals surface area (Å²) in [6.07, 6.45) is 8.42. The second-order valence-electron chi connectivity index (χ2n) is 6.59. The molecule has 22 heavy (non-hydrogen) atoms. The average Bonchev–Trinajstić information content (AvgIpc) is 3.30. The first-order chi connectivity index (χ1) is 10.7. The van der Waals surface area contributed by atoms with Crippen LogP contribution in [0.3, 0.4) is 0 Å². The fraction of sp³-hybridized carbons (Fsp3) is 0.529. The Balaban J connectivity index is 1.35. The number of rotatable bonds is 2. The van der Waals surface area contributed by atoms with E-state index in [4.69, 9.17) is 0 Å². The molecule has 2 heterocycles. The summed E-state index contributed by atoms with van der Waals surface area (Å²) >= 11 is 0. The summed E-state index contributed by atoms with van der Waals surface area (Å²) in [5.41, 5.74) is 0.623. The number of hydrogen-bond acceptors (Lipinski definition) is 2. The topological polar surface area (TPSA) is 56.4 Å². The van der Waals surface area contributed by atoms with E-state index >= 15 is 0 Å². The third-order valence-corrected chi connectivity index (χ3v) is 5.30. The molecule has 4 rings (SSSR count). The number of allylic oxidation sites excluding steroid dienone is 2. The normalized spacial score (nSPS) is 30.1. The number of aromatic amines is 1. The maximum atomic E-state index is 12.7. The van der Waals surface area contributed by atoms with E-state index < -0.39 is 0 Å². The minimum Gasteiger partial charge on any atom is -0.357 e. The smallest absolute Gasteiger partial charge is 0.270 e. The predicted molar refractivity (Wildman–Crippen MR) is 82.1 cm³/mol. The van der Waals surface area contributed by atoms with Crippen molar-refractivity contribution in [3.63, 3.8) is 0 Å². The van der Waals surface area contributed by atoms with Crippen molar-refractivity contribution in [2.45, 2.75) is 12.8 Å². The summed E-state index contributed by atoms with van der Waals surface area (Å²) in [5, 5.41) is 0. The zero-order chi connectivity index (χ0) is 15.1. The van der Waals surface area contributed by atoms with Gasteiger partial charge in [0.05, 0.1) is 0 Å². The average molecular weight is 299 g/mol. The number of amides is 2. The zero-order valence-electron chi connectivity index (χ0n) is 12.6. The van der Waals surface area contributed by atoms with E-state index in [1.807, 2.05) is 15.9 Å². The summed E-state index contributed by atoms with van der Waals surface area (Å²) in [5.74, 6) is 1.58. The molecule has 2 bridgehead atoms. The lowest BCUT2D eigenvalue weighted by atomic mass is 9.92. The first-order valence-corrected chi connectivity index (χ1v) is 8.12. The number of carbonyl (C=O) groups is 2. The van der Waals surface area contributed by atoms with Gasteiger partial charge in [0, 0.05) is 38.3 Å². The van der Waals surface area contributed by atoms with E-state index in [2.05, 4.69) is 17.1 Å².